The third-order valence-electron chi connectivity index (χ3n) is 2.59. The topological polar surface area (TPSA) is 49.3 Å². The van der Waals surface area contributed by atoms with Gasteiger partial charge in [-0.1, -0.05) is 6.08 Å². The lowest BCUT2D eigenvalue weighted by atomic mass is 10.0. The minimum Gasteiger partial charge on any atom is -0.396 e. The van der Waals surface area contributed by atoms with Gasteiger partial charge in [0.1, 0.15) is 0 Å². The Morgan fingerprint density at radius 2 is 2.31 bits per heavy atom. The second-order valence-corrected chi connectivity index (χ2v) is 3.74. The Morgan fingerprint density at radius 1 is 1.62 bits per heavy atom. The number of carbonyl (C=O) groups excluding carboxylic acids is 1. The fraction of sp³-hybridized carbons (Fsp3) is 0.700. The van der Waals surface area contributed by atoms with Gasteiger partial charge in [0.2, 0.25) is 5.91 Å². The Labute approximate surface area is 78.8 Å². The molecule has 1 amide bonds. The van der Waals surface area contributed by atoms with Crippen molar-refractivity contribution in [1.29, 1.82) is 0 Å². The minimum absolute atomic E-state index is 0.0271. The van der Waals surface area contributed by atoms with E-state index in [1.165, 1.54) is 0 Å². The number of nitrogens with one attached hydrogen (secondary N) is 1. The van der Waals surface area contributed by atoms with Gasteiger partial charge in [0.05, 0.1) is 0 Å². The van der Waals surface area contributed by atoms with E-state index >= 15 is 0 Å². The van der Waals surface area contributed by atoms with Crippen molar-refractivity contribution >= 4 is 5.91 Å². The van der Waals surface area contributed by atoms with E-state index in [4.69, 9.17) is 5.11 Å². The van der Waals surface area contributed by atoms with E-state index in [9.17, 15) is 4.79 Å². The van der Waals surface area contributed by atoms with Gasteiger partial charge in [0.25, 0.3) is 0 Å². The lowest BCUT2D eigenvalue weighted by Crippen LogP contribution is -2.30. The van der Waals surface area contributed by atoms with Crippen molar-refractivity contribution in [1.82, 2.24) is 5.32 Å². The Morgan fingerprint density at radius 3 is 2.77 bits per heavy atom. The lowest BCUT2D eigenvalue weighted by molar-refractivity contribution is -0.120. The van der Waals surface area contributed by atoms with Crippen molar-refractivity contribution in [3.05, 3.63) is 12.7 Å². The van der Waals surface area contributed by atoms with Crippen molar-refractivity contribution < 1.29 is 9.90 Å². The standard InChI is InChI=1S/C10H17NO2/c1-2-3-9(13)11-8-10(4-5-10)6-7-12/h2,12H,1,3-8H2,(H,11,13). The fourth-order valence-corrected chi connectivity index (χ4v) is 1.42. The van der Waals surface area contributed by atoms with Crippen LogP contribution in [0.15, 0.2) is 12.7 Å². The highest BCUT2D eigenvalue weighted by atomic mass is 16.3. The van der Waals surface area contributed by atoms with Gasteiger partial charge in [-0.15, -0.1) is 6.58 Å². The van der Waals surface area contributed by atoms with E-state index < -0.39 is 0 Å². The van der Waals surface area contributed by atoms with E-state index in [2.05, 4.69) is 11.9 Å². The molecule has 0 unspecified atom stereocenters. The SMILES string of the molecule is C=CCC(=O)NCC1(CCO)CC1. The number of hydrogen-bond donors (Lipinski definition) is 2. The summed E-state index contributed by atoms with van der Waals surface area (Å²) in [4.78, 5) is 11.1. The number of amides is 1. The van der Waals surface area contributed by atoms with Crippen LogP contribution in [0.5, 0.6) is 0 Å². The zero-order valence-corrected chi connectivity index (χ0v) is 7.88. The maximum absolute atomic E-state index is 11.1. The van der Waals surface area contributed by atoms with Crippen molar-refractivity contribution in [2.24, 2.45) is 5.41 Å². The fourth-order valence-electron chi connectivity index (χ4n) is 1.42. The first-order chi connectivity index (χ1) is 6.22. The summed E-state index contributed by atoms with van der Waals surface area (Å²) in [6.07, 6.45) is 5.04. The van der Waals surface area contributed by atoms with Crippen LogP contribution < -0.4 is 5.32 Å². The van der Waals surface area contributed by atoms with E-state index in [1.807, 2.05) is 0 Å². The molecule has 0 radical (unpaired) electrons. The zero-order chi connectivity index (χ0) is 9.73. The Balaban J connectivity index is 2.18. The molecule has 1 aliphatic rings. The molecule has 3 nitrogen and oxygen atoms in total. The minimum atomic E-state index is 0.0271. The molecule has 0 bridgehead atoms. The maximum atomic E-state index is 11.1. The van der Waals surface area contributed by atoms with Crippen LogP contribution in [0.4, 0.5) is 0 Å². The van der Waals surface area contributed by atoms with Crippen LogP contribution in [0.1, 0.15) is 25.7 Å². The van der Waals surface area contributed by atoms with Gasteiger partial charge in [-0.2, -0.15) is 0 Å². The summed E-state index contributed by atoms with van der Waals surface area (Å²) >= 11 is 0. The van der Waals surface area contributed by atoms with Crippen LogP contribution in [0.25, 0.3) is 0 Å². The average molecular weight is 183 g/mol. The normalized spacial score (nSPS) is 17.9. The number of carbonyl (C=O) groups is 1. The lowest BCUT2D eigenvalue weighted by Gasteiger charge is -2.13. The summed E-state index contributed by atoms with van der Waals surface area (Å²) in [5.74, 6) is 0.0271. The van der Waals surface area contributed by atoms with Crippen molar-refractivity contribution in [3.8, 4) is 0 Å². The zero-order valence-electron chi connectivity index (χ0n) is 7.88. The largest absolute Gasteiger partial charge is 0.396 e. The number of hydrogen-bond acceptors (Lipinski definition) is 2. The molecule has 74 valence electrons. The van der Waals surface area contributed by atoms with Crippen molar-refractivity contribution in [2.75, 3.05) is 13.2 Å². The second-order valence-electron chi connectivity index (χ2n) is 3.74. The molecule has 0 saturated heterocycles. The summed E-state index contributed by atoms with van der Waals surface area (Å²) in [7, 11) is 0. The summed E-state index contributed by atoms with van der Waals surface area (Å²) in [6, 6.07) is 0. The van der Waals surface area contributed by atoms with Gasteiger partial charge in [0.15, 0.2) is 0 Å². The highest BCUT2D eigenvalue weighted by Gasteiger charge is 2.41. The first-order valence-corrected chi connectivity index (χ1v) is 4.71. The number of aliphatic hydroxyl groups excluding tert-OH is 1. The molecular weight excluding hydrogens is 166 g/mol. The predicted molar refractivity (Wildman–Crippen MR) is 51.2 cm³/mol. The van der Waals surface area contributed by atoms with Gasteiger partial charge in [-0.05, 0) is 24.7 Å². The van der Waals surface area contributed by atoms with Crippen molar-refractivity contribution in [3.63, 3.8) is 0 Å². The van der Waals surface area contributed by atoms with E-state index in [0.29, 0.717) is 13.0 Å². The van der Waals surface area contributed by atoms with Gasteiger partial charge in [-0.3, -0.25) is 4.79 Å². The Bertz CT molecular complexity index is 197. The van der Waals surface area contributed by atoms with Gasteiger partial charge in [0, 0.05) is 19.6 Å². The second kappa shape index (κ2) is 4.42. The molecule has 0 aromatic rings. The van der Waals surface area contributed by atoms with Gasteiger partial charge < -0.3 is 10.4 Å². The first-order valence-electron chi connectivity index (χ1n) is 4.71. The molecular formula is C10H17NO2. The molecule has 0 atom stereocenters. The van der Waals surface area contributed by atoms with Gasteiger partial charge in [-0.25, -0.2) is 0 Å². The molecule has 13 heavy (non-hydrogen) atoms. The van der Waals surface area contributed by atoms with Crippen LogP contribution in [0.3, 0.4) is 0 Å². The summed E-state index contributed by atoms with van der Waals surface area (Å²) in [6.45, 7) is 4.42. The molecule has 1 saturated carbocycles. The molecule has 0 aliphatic heterocycles. The Kier molecular flexibility index (Phi) is 3.48. The molecule has 1 aliphatic carbocycles. The quantitative estimate of drug-likeness (QED) is 0.599. The third kappa shape index (κ3) is 3.19. The van der Waals surface area contributed by atoms with Crippen LogP contribution >= 0.6 is 0 Å². The highest BCUT2D eigenvalue weighted by Crippen LogP contribution is 2.47. The molecule has 0 aromatic heterocycles. The first kappa shape index (κ1) is 10.3. The molecule has 1 fully saturated rings. The van der Waals surface area contributed by atoms with Crippen LogP contribution in [0, 0.1) is 5.41 Å². The average Bonchev–Trinajstić information content (AvgIpc) is 2.84. The van der Waals surface area contributed by atoms with Crippen LogP contribution in [-0.2, 0) is 4.79 Å². The van der Waals surface area contributed by atoms with Crippen molar-refractivity contribution in [2.45, 2.75) is 25.7 Å². The number of aliphatic hydroxyl groups is 1. The van der Waals surface area contributed by atoms with Gasteiger partial charge >= 0.3 is 0 Å². The van der Waals surface area contributed by atoms with E-state index in [0.717, 1.165) is 19.3 Å². The highest BCUT2D eigenvalue weighted by molar-refractivity contribution is 5.77. The molecule has 0 heterocycles. The monoisotopic (exact) mass is 183 g/mol. The maximum Gasteiger partial charge on any atom is 0.223 e. The Hall–Kier alpha value is -0.830. The molecule has 0 aromatic carbocycles. The summed E-state index contributed by atoms with van der Waals surface area (Å²) in [5, 5.41) is 11.6. The summed E-state index contributed by atoms with van der Waals surface area (Å²) < 4.78 is 0. The molecule has 1 rings (SSSR count). The third-order valence-corrected chi connectivity index (χ3v) is 2.59. The van der Waals surface area contributed by atoms with E-state index in [1.54, 1.807) is 6.08 Å². The number of rotatable bonds is 6. The summed E-state index contributed by atoms with van der Waals surface area (Å²) in [5.41, 5.74) is 0.214. The molecule has 2 N–H and O–H groups in total. The predicted octanol–water partition coefficient (Wildman–Crippen LogP) is 0.841. The van der Waals surface area contributed by atoms with E-state index in [-0.39, 0.29) is 17.9 Å². The van der Waals surface area contributed by atoms with Crippen LogP contribution in [-0.4, -0.2) is 24.2 Å². The van der Waals surface area contributed by atoms with Crippen LogP contribution in [0.2, 0.25) is 0 Å². The molecule has 0 spiro atoms. The smallest absolute Gasteiger partial charge is 0.223 e. The molecule has 3 heteroatoms.